The molecule has 0 atom stereocenters. The zero-order chi connectivity index (χ0) is 15.5. The van der Waals surface area contributed by atoms with E-state index in [1.807, 2.05) is 24.3 Å². The fourth-order valence-corrected chi connectivity index (χ4v) is 2.21. The molecule has 2 aromatic carbocycles. The van der Waals surface area contributed by atoms with E-state index in [4.69, 9.17) is 20.8 Å². The van der Waals surface area contributed by atoms with Gasteiger partial charge in [-0.1, -0.05) is 23.7 Å². The van der Waals surface area contributed by atoms with E-state index in [1.165, 1.54) is 0 Å². The van der Waals surface area contributed by atoms with Crippen LogP contribution in [0.2, 0.25) is 5.02 Å². The molecule has 3 aromatic rings. The van der Waals surface area contributed by atoms with Crippen LogP contribution in [0.4, 0.5) is 6.01 Å². The van der Waals surface area contributed by atoms with Crippen molar-refractivity contribution in [2.45, 2.75) is 6.42 Å². The Kier molecular flexibility index (Phi) is 3.98. The average Bonchev–Trinajstić information content (AvgIpc) is 2.89. The predicted octanol–water partition coefficient (Wildman–Crippen LogP) is 3.67. The average molecular weight is 317 g/mol. The van der Waals surface area contributed by atoms with Gasteiger partial charge < -0.3 is 9.15 Å². The highest BCUT2D eigenvalue weighted by Gasteiger charge is 2.10. The molecule has 5 nitrogen and oxygen atoms in total. The first-order chi connectivity index (χ1) is 10.6. The van der Waals surface area contributed by atoms with Crippen LogP contribution in [-0.4, -0.2) is 18.0 Å². The number of nitrogens with one attached hydrogen (secondary N) is 1. The van der Waals surface area contributed by atoms with Crippen molar-refractivity contribution in [1.29, 1.82) is 0 Å². The van der Waals surface area contributed by atoms with Gasteiger partial charge in [-0.3, -0.25) is 10.1 Å². The van der Waals surface area contributed by atoms with E-state index < -0.39 is 0 Å². The number of carbonyl (C=O) groups excluding carboxylic acids is 1. The summed E-state index contributed by atoms with van der Waals surface area (Å²) < 4.78 is 10.5. The summed E-state index contributed by atoms with van der Waals surface area (Å²) in [6.45, 7) is 0. The highest BCUT2D eigenvalue weighted by Crippen LogP contribution is 2.22. The maximum Gasteiger partial charge on any atom is 0.302 e. The molecular formula is C16H13ClN2O3. The second-order valence-corrected chi connectivity index (χ2v) is 5.14. The van der Waals surface area contributed by atoms with Crippen molar-refractivity contribution in [3.63, 3.8) is 0 Å². The van der Waals surface area contributed by atoms with Gasteiger partial charge in [-0.25, -0.2) is 0 Å². The van der Waals surface area contributed by atoms with Crippen LogP contribution in [0, 0.1) is 0 Å². The minimum atomic E-state index is -0.206. The molecule has 0 radical (unpaired) electrons. The lowest BCUT2D eigenvalue weighted by molar-refractivity contribution is -0.115. The van der Waals surface area contributed by atoms with E-state index in [9.17, 15) is 4.79 Å². The van der Waals surface area contributed by atoms with Gasteiger partial charge in [0.15, 0.2) is 5.58 Å². The van der Waals surface area contributed by atoms with Gasteiger partial charge in [-0.05, 0) is 29.8 Å². The molecule has 0 saturated carbocycles. The molecule has 0 aliphatic rings. The number of anilines is 1. The summed E-state index contributed by atoms with van der Waals surface area (Å²) in [5.41, 5.74) is 2.05. The van der Waals surface area contributed by atoms with Crippen LogP contribution >= 0.6 is 11.6 Å². The standard InChI is InChI=1S/C16H13ClN2O3/c1-21-12-5-2-10(3-6-12)8-15(20)19-16-18-13-7-4-11(17)9-14(13)22-16/h2-7,9H,8H2,1H3,(H,18,19,20). The summed E-state index contributed by atoms with van der Waals surface area (Å²) in [5, 5.41) is 3.19. The third-order valence-electron chi connectivity index (χ3n) is 3.12. The fraction of sp³-hybridized carbons (Fsp3) is 0.125. The van der Waals surface area contributed by atoms with Crippen LogP contribution in [0.1, 0.15) is 5.56 Å². The van der Waals surface area contributed by atoms with Gasteiger partial charge in [0.05, 0.1) is 13.5 Å². The van der Waals surface area contributed by atoms with Crippen molar-refractivity contribution in [2.75, 3.05) is 12.4 Å². The third-order valence-corrected chi connectivity index (χ3v) is 3.36. The quantitative estimate of drug-likeness (QED) is 0.797. The Morgan fingerprint density at radius 3 is 2.77 bits per heavy atom. The van der Waals surface area contributed by atoms with Crippen molar-refractivity contribution in [3.05, 3.63) is 53.1 Å². The molecule has 1 amide bonds. The molecule has 1 N–H and O–H groups in total. The summed E-state index contributed by atoms with van der Waals surface area (Å²) in [6, 6.07) is 12.6. The van der Waals surface area contributed by atoms with E-state index in [0.29, 0.717) is 16.1 Å². The Morgan fingerprint density at radius 1 is 1.27 bits per heavy atom. The van der Waals surface area contributed by atoms with E-state index in [2.05, 4.69) is 10.3 Å². The van der Waals surface area contributed by atoms with Gasteiger partial charge in [0.2, 0.25) is 5.91 Å². The van der Waals surface area contributed by atoms with Gasteiger partial charge in [-0.2, -0.15) is 4.98 Å². The first kappa shape index (κ1) is 14.4. The maximum atomic E-state index is 12.0. The lowest BCUT2D eigenvalue weighted by Crippen LogP contribution is -2.14. The fourth-order valence-electron chi connectivity index (χ4n) is 2.04. The number of carbonyl (C=O) groups is 1. The number of halogens is 1. The van der Waals surface area contributed by atoms with Gasteiger partial charge >= 0.3 is 6.01 Å². The van der Waals surface area contributed by atoms with Crippen LogP contribution in [0.3, 0.4) is 0 Å². The van der Waals surface area contributed by atoms with E-state index in [1.54, 1.807) is 25.3 Å². The summed E-state index contributed by atoms with van der Waals surface area (Å²) in [7, 11) is 1.60. The number of ether oxygens (including phenoxy) is 1. The second-order valence-electron chi connectivity index (χ2n) is 4.70. The second kappa shape index (κ2) is 6.07. The molecule has 6 heteroatoms. The highest BCUT2D eigenvalue weighted by atomic mass is 35.5. The van der Waals surface area contributed by atoms with Gasteiger partial charge in [0.1, 0.15) is 11.3 Å². The number of benzene rings is 2. The van der Waals surface area contributed by atoms with Crippen molar-refractivity contribution < 1.29 is 13.9 Å². The summed E-state index contributed by atoms with van der Waals surface area (Å²) >= 11 is 5.88. The molecule has 0 saturated heterocycles. The van der Waals surface area contributed by atoms with Crippen LogP contribution in [-0.2, 0) is 11.2 Å². The number of aromatic nitrogens is 1. The molecule has 0 fully saturated rings. The Balaban J connectivity index is 1.69. The normalized spacial score (nSPS) is 10.6. The Morgan fingerprint density at radius 2 is 2.05 bits per heavy atom. The monoisotopic (exact) mass is 316 g/mol. The van der Waals surface area contributed by atoms with E-state index in [-0.39, 0.29) is 18.3 Å². The number of oxazole rings is 1. The van der Waals surface area contributed by atoms with Crippen molar-refractivity contribution in [2.24, 2.45) is 0 Å². The van der Waals surface area contributed by atoms with Crippen molar-refractivity contribution in [1.82, 2.24) is 4.98 Å². The number of nitrogens with zero attached hydrogens (tertiary/aromatic N) is 1. The Bertz CT molecular complexity index is 812. The lowest BCUT2D eigenvalue weighted by Gasteiger charge is -2.03. The SMILES string of the molecule is COc1ccc(CC(=O)Nc2nc3ccc(Cl)cc3o2)cc1. The minimum absolute atomic E-state index is 0.163. The predicted molar refractivity (Wildman–Crippen MR) is 84.3 cm³/mol. The zero-order valence-electron chi connectivity index (χ0n) is 11.8. The minimum Gasteiger partial charge on any atom is -0.497 e. The zero-order valence-corrected chi connectivity index (χ0v) is 12.6. The first-order valence-electron chi connectivity index (χ1n) is 6.63. The Hall–Kier alpha value is -2.53. The maximum absolute atomic E-state index is 12.0. The van der Waals surface area contributed by atoms with Crippen LogP contribution < -0.4 is 10.1 Å². The number of hydrogen-bond acceptors (Lipinski definition) is 4. The molecule has 112 valence electrons. The van der Waals surface area contributed by atoms with Gasteiger partial charge in [-0.15, -0.1) is 0 Å². The molecule has 1 aromatic heterocycles. The van der Waals surface area contributed by atoms with Crippen LogP contribution in [0.15, 0.2) is 46.9 Å². The molecule has 0 aliphatic heterocycles. The number of fused-ring (bicyclic) bond motifs is 1. The van der Waals surface area contributed by atoms with E-state index >= 15 is 0 Å². The van der Waals surface area contributed by atoms with Gasteiger partial charge in [0, 0.05) is 11.1 Å². The van der Waals surface area contributed by atoms with E-state index in [0.717, 1.165) is 11.3 Å². The summed E-state index contributed by atoms with van der Waals surface area (Å²) in [5.74, 6) is 0.544. The van der Waals surface area contributed by atoms with Crippen molar-refractivity contribution in [3.8, 4) is 5.75 Å². The summed E-state index contributed by atoms with van der Waals surface area (Å²) in [6.07, 6.45) is 0.226. The molecule has 0 bridgehead atoms. The van der Waals surface area contributed by atoms with Gasteiger partial charge in [0.25, 0.3) is 0 Å². The number of methoxy groups -OCH3 is 1. The molecule has 0 unspecified atom stereocenters. The highest BCUT2D eigenvalue weighted by molar-refractivity contribution is 6.31. The van der Waals surface area contributed by atoms with Crippen LogP contribution in [0.5, 0.6) is 5.75 Å². The van der Waals surface area contributed by atoms with Crippen molar-refractivity contribution >= 4 is 34.6 Å². The number of rotatable bonds is 4. The van der Waals surface area contributed by atoms with Crippen LogP contribution in [0.25, 0.3) is 11.1 Å². The molecule has 0 spiro atoms. The molecule has 1 heterocycles. The number of hydrogen-bond donors (Lipinski definition) is 1. The smallest absolute Gasteiger partial charge is 0.302 e. The Labute approximate surface area is 131 Å². The summed E-state index contributed by atoms with van der Waals surface area (Å²) in [4.78, 5) is 16.2. The molecule has 3 rings (SSSR count). The topological polar surface area (TPSA) is 64.4 Å². The largest absolute Gasteiger partial charge is 0.497 e. The first-order valence-corrected chi connectivity index (χ1v) is 7.01. The molecule has 22 heavy (non-hydrogen) atoms. The molecule has 0 aliphatic carbocycles. The molecular weight excluding hydrogens is 304 g/mol. The third kappa shape index (κ3) is 3.20. The number of amides is 1. The lowest BCUT2D eigenvalue weighted by atomic mass is 10.1.